The van der Waals surface area contributed by atoms with Crippen LogP contribution in [0.1, 0.15) is 0 Å². The van der Waals surface area contributed by atoms with Gasteiger partial charge in [-0.3, -0.25) is 4.79 Å². The molecule has 0 unspecified atom stereocenters. The van der Waals surface area contributed by atoms with Gasteiger partial charge in [0.15, 0.2) is 11.5 Å². The number of methoxy groups -OCH3 is 1. The van der Waals surface area contributed by atoms with E-state index in [-0.39, 0.29) is 4.90 Å². The lowest BCUT2D eigenvalue weighted by molar-refractivity contribution is -0.135. The second-order valence-corrected chi connectivity index (χ2v) is 6.21. The van der Waals surface area contributed by atoms with Crippen LogP contribution in [0.25, 0.3) is 0 Å². The van der Waals surface area contributed by atoms with Crippen molar-refractivity contribution in [3.8, 4) is 17.2 Å². The SMILES string of the molecule is COc1ccccc1Oc1ccc(S(=O)(=O)NCC(=O)O)cc1. The van der Waals surface area contributed by atoms with Gasteiger partial charge in [-0.25, -0.2) is 8.42 Å². The lowest BCUT2D eigenvalue weighted by Gasteiger charge is -2.10. The van der Waals surface area contributed by atoms with Gasteiger partial charge < -0.3 is 14.6 Å². The topological polar surface area (TPSA) is 102 Å². The minimum Gasteiger partial charge on any atom is -0.493 e. The lowest BCUT2D eigenvalue weighted by atomic mass is 10.3. The van der Waals surface area contributed by atoms with Crippen molar-refractivity contribution in [3.05, 3.63) is 48.5 Å². The molecule has 8 heteroatoms. The van der Waals surface area contributed by atoms with Crippen molar-refractivity contribution < 1.29 is 27.8 Å². The number of nitrogens with one attached hydrogen (secondary N) is 1. The highest BCUT2D eigenvalue weighted by Gasteiger charge is 2.15. The summed E-state index contributed by atoms with van der Waals surface area (Å²) in [6.07, 6.45) is 0. The van der Waals surface area contributed by atoms with Gasteiger partial charge in [-0.2, -0.15) is 4.72 Å². The minimum absolute atomic E-state index is 0.0499. The molecule has 0 aliphatic heterocycles. The van der Waals surface area contributed by atoms with E-state index in [1.807, 2.05) is 4.72 Å². The normalized spacial score (nSPS) is 11.0. The Morgan fingerprint density at radius 1 is 1.09 bits per heavy atom. The number of aliphatic carboxylic acids is 1. The molecule has 2 aromatic carbocycles. The first-order valence-electron chi connectivity index (χ1n) is 6.55. The molecular weight excluding hydrogens is 322 g/mol. The van der Waals surface area contributed by atoms with Crippen molar-refractivity contribution in [1.29, 1.82) is 0 Å². The highest BCUT2D eigenvalue weighted by Crippen LogP contribution is 2.31. The van der Waals surface area contributed by atoms with Crippen LogP contribution in [0.5, 0.6) is 17.2 Å². The Bertz CT molecular complexity index is 786. The molecule has 0 atom stereocenters. The van der Waals surface area contributed by atoms with Crippen molar-refractivity contribution >= 4 is 16.0 Å². The zero-order chi connectivity index (χ0) is 16.9. The first-order chi connectivity index (χ1) is 10.9. The Morgan fingerprint density at radius 2 is 1.70 bits per heavy atom. The monoisotopic (exact) mass is 337 g/mol. The van der Waals surface area contributed by atoms with Crippen molar-refractivity contribution in [2.24, 2.45) is 0 Å². The Kier molecular flexibility index (Phi) is 5.20. The highest BCUT2D eigenvalue weighted by molar-refractivity contribution is 7.89. The molecule has 0 fully saturated rings. The average Bonchev–Trinajstić information content (AvgIpc) is 2.54. The summed E-state index contributed by atoms with van der Waals surface area (Å²) < 4.78 is 36.5. The third kappa shape index (κ3) is 4.44. The van der Waals surface area contributed by atoms with Crippen molar-refractivity contribution in [2.75, 3.05) is 13.7 Å². The maximum Gasteiger partial charge on any atom is 0.318 e. The standard InChI is InChI=1S/C15H15NO6S/c1-21-13-4-2-3-5-14(13)22-11-6-8-12(9-7-11)23(19,20)16-10-15(17)18/h2-9,16H,10H2,1H3,(H,17,18). The van der Waals surface area contributed by atoms with Crippen LogP contribution < -0.4 is 14.2 Å². The second-order valence-electron chi connectivity index (χ2n) is 4.44. The van der Waals surface area contributed by atoms with Crippen molar-refractivity contribution in [3.63, 3.8) is 0 Å². The summed E-state index contributed by atoms with van der Waals surface area (Å²) in [6.45, 7) is -0.679. The number of sulfonamides is 1. The summed E-state index contributed by atoms with van der Waals surface area (Å²) in [4.78, 5) is 10.4. The molecule has 0 saturated carbocycles. The molecule has 0 radical (unpaired) electrons. The van der Waals surface area contributed by atoms with Gasteiger partial charge in [0.05, 0.1) is 12.0 Å². The van der Waals surface area contributed by atoms with E-state index in [4.69, 9.17) is 14.6 Å². The smallest absolute Gasteiger partial charge is 0.318 e. The van der Waals surface area contributed by atoms with E-state index in [9.17, 15) is 13.2 Å². The molecule has 0 bridgehead atoms. The Balaban J connectivity index is 2.15. The van der Waals surface area contributed by atoms with E-state index in [0.29, 0.717) is 17.2 Å². The molecule has 122 valence electrons. The van der Waals surface area contributed by atoms with Gasteiger partial charge in [0, 0.05) is 0 Å². The summed E-state index contributed by atoms with van der Waals surface area (Å²) in [5, 5.41) is 8.52. The maximum absolute atomic E-state index is 11.9. The molecule has 0 aliphatic carbocycles. The van der Waals surface area contributed by atoms with Gasteiger partial charge >= 0.3 is 5.97 Å². The summed E-state index contributed by atoms with van der Waals surface area (Å²) in [5.74, 6) is 0.207. The fourth-order valence-electron chi connectivity index (χ4n) is 1.76. The molecule has 0 saturated heterocycles. The number of ether oxygens (including phenoxy) is 2. The zero-order valence-corrected chi connectivity index (χ0v) is 13.0. The van der Waals surface area contributed by atoms with Crippen LogP contribution in [0.15, 0.2) is 53.4 Å². The predicted molar refractivity (Wildman–Crippen MR) is 82.3 cm³/mol. The van der Waals surface area contributed by atoms with Gasteiger partial charge in [-0.05, 0) is 36.4 Å². The zero-order valence-electron chi connectivity index (χ0n) is 12.2. The quantitative estimate of drug-likeness (QED) is 0.799. The summed E-state index contributed by atoms with van der Waals surface area (Å²) in [6, 6.07) is 12.7. The summed E-state index contributed by atoms with van der Waals surface area (Å²) in [7, 11) is -2.35. The number of carboxylic acids is 1. The van der Waals surface area contributed by atoms with Gasteiger partial charge in [-0.1, -0.05) is 12.1 Å². The molecule has 0 heterocycles. The molecule has 23 heavy (non-hydrogen) atoms. The van der Waals surface area contributed by atoms with Crippen molar-refractivity contribution in [1.82, 2.24) is 4.72 Å². The molecular formula is C15H15NO6S. The van der Waals surface area contributed by atoms with E-state index >= 15 is 0 Å². The van der Waals surface area contributed by atoms with Crippen LogP contribution in [-0.4, -0.2) is 33.1 Å². The third-order valence-electron chi connectivity index (χ3n) is 2.84. The van der Waals surface area contributed by atoms with Crippen molar-refractivity contribution in [2.45, 2.75) is 4.90 Å². The van der Waals surface area contributed by atoms with E-state index in [2.05, 4.69) is 0 Å². The molecule has 7 nitrogen and oxygen atoms in total. The molecule has 0 amide bonds. The molecule has 2 N–H and O–H groups in total. The largest absolute Gasteiger partial charge is 0.493 e. The van der Waals surface area contributed by atoms with E-state index in [0.717, 1.165) is 0 Å². The predicted octanol–water partition coefficient (Wildman–Crippen LogP) is 1.85. The Labute approximate surface area is 133 Å². The number of carbonyl (C=O) groups is 1. The fourth-order valence-corrected chi connectivity index (χ4v) is 2.73. The van der Waals surface area contributed by atoms with Crippen LogP contribution in [0.3, 0.4) is 0 Å². The summed E-state index contributed by atoms with van der Waals surface area (Å²) in [5.41, 5.74) is 0. The van der Waals surface area contributed by atoms with E-state index in [1.54, 1.807) is 24.3 Å². The number of carboxylic acid groups (broad SMARTS) is 1. The molecule has 2 aromatic rings. The first kappa shape index (κ1) is 16.8. The molecule has 0 aliphatic rings. The number of hydrogen-bond acceptors (Lipinski definition) is 5. The number of rotatable bonds is 7. The average molecular weight is 337 g/mol. The van der Waals surface area contributed by atoms with E-state index in [1.165, 1.54) is 31.4 Å². The molecule has 2 rings (SSSR count). The van der Waals surface area contributed by atoms with Gasteiger partial charge in [0.1, 0.15) is 12.3 Å². The number of benzene rings is 2. The second kappa shape index (κ2) is 7.12. The van der Waals surface area contributed by atoms with Crippen LogP contribution in [-0.2, 0) is 14.8 Å². The third-order valence-corrected chi connectivity index (χ3v) is 4.26. The minimum atomic E-state index is -3.87. The van der Waals surface area contributed by atoms with Gasteiger partial charge in [0.25, 0.3) is 0 Å². The maximum atomic E-state index is 11.9. The van der Waals surface area contributed by atoms with Gasteiger partial charge in [-0.15, -0.1) is 0 Å². The highest BCUT2D eigenvalue weighted by atomic mass is 32.2. The van der Waals surface area contributed by atoms with Crippen LogP contribution in [0, 0.1) is 0 Å². The fraction of sp³-hybridized carbons (Fsp3) is 0.133. The van der Waals surface area contributed by atoms with E-state index < -0.39 is 22.5 Å². The molecule has 0 aromatic heterocycles. The van der Waals surface area contributed by atoms with Crippen LogP contribution in [0.4, 0.5) is 0 Å². The lowest BCUT2D eigenvalue weighted by Crippen LogP contribution is -2.29. The van der Waals surface area contributed by atoms with Crippen LogP contribution in [0.2, 0.25) is 0 Å². The molecule has 0 spiro atoms. The van der Waals surface area contributed by atoms with Gasteiger partial charge in [0.2, 0.25) is 10.0 Å². The number of hydrogen-bond donors (Lipinski definition) is 2. The van der Waals surface area contributed by atoms with Crippen LogP contribution >= 0.6 is 0 Å². The number of para-hydroxylation sites is 2. The Morgan fingerprint density at radius 3 is 2.26 bits per heavy atom. The summed E-state index contributed by atoms with van der Waals surface area (Å²) >= 11 is 0. The Hall–Kier alpha value is -2.58. The first-order valence-corrected chi connectivity index (χ1v) is 8.03.